The van der Waals surface area contributed by atoms with Gasteiger partial charge in [-0.15, -0.1) is 0 Å². The van der Waals surface area contributed by atoms with Crippen molar-refractivity contribution in [2.75, 3.05) is 17.5 Å². The first-order chi connectivity index (χ1) is 18.8. The van der Waals surface area contributed by atoms with Crippen molar-refractivity contribution in [3.05, 3.63) is 82.9 Å². The van der Waals surface area contributed by atoms with Gasteiger partial charge in [0.05, 0.1) is 17.9 Å². The minimum absolute atomic E-state index is 0.128. The van der Waals surface area contributed by atoms with Crippen LogP contribution in [-0.2, 0) is 37.6 Å². The Balaban J connectivity index is 1.44. The molecule has 5 nitrogen and oxygen atoms in total. The molecule has 0 saturated heterocycles. The Morgan fingerprint density at radius 1 is 1.07 bits per heavy atom. The topological polar surface area (TPSA) is 68.0 Å². The van der Waals surface area contributed by atoms with E-state index in [9.17, 15) is 26.4 Å². The van der Waals surface area contributed by atoms with Gasteiger partial charge in [-0.05, 0) is 96.3 Å². The van der Waals surface area contributed by atoms with Gasteiger partial charge in [0.15, 0.2) is 0 Å². The standard InChI is InChI=1S/C31H32F3NO4S/c1-4-39-29(36)16-11-22-6-5-21-9-14-25(18-26(21)22)40(37,38)35-19-30(2,3)27-17-23(10-15-28(27)35)20-7-12-24(13-8-20)31(32,33)34/h7-10,12-15,17-18,22H,4-6,11,16,19H2,1-3H3/p+1. The summed E-state index contributed by atoms with van der Waals surface area (Å²) >= 11 is 0. The molecule has 0 saturated carbocycles. The summed E-state index contributed by atoms with van der Waals surface area (Å²) in [5.74, 6) is -0.104. The average molecular weight is 573 g/mol. The van der Waals surface area contributed by atoms with Crippen molar-refractivity contribution in [2.24, 2.45) is 0 Å². The first-order valence-corrected chi connectivity index (χ1v) is 14.9. The third-order valence-electron chi connectivity index (χ3n) is 8.01. The van der Waals surface area contributed by atoms with Gasteiger partial charge in [-0.25, -0.2) is 8.51 Å². The smallest absolute Gasteiger partial charge is 0.416 e. The van der Waals surface area contributed by atoms with Gasteiger partial charge in [-0.3, -0.25) is 4.79 Å². The third-order valence-corrected chi connectivity index (χ3v) is 9.80. The molecule has 0 amide bonds. The molecule has 2 aliphatic rings. The number of ether oxygens (including phenoxy) is 1. The minimum atomic E-state index is -4.40. The van der Waals surface area contributed by atoms with Gasteiger partial charge in [-0.2, -0.15) is 17.4 Å². The van der Waals surface area contributed by atoms with E-state index in [0.717, 1.165) is 47.2 Å². The number of aryl methyl sites for hydroxylation is 1. The van der Waals surface area contributed by atoms with Gasteiger partial charge in [-0.1, -0.05) is 38.1 Å². The number of hydrogen-bond acceptors (Lipinski definition) is 3. The summed E-state index contributed by atoms with van der Waals surface area (Å²) < 4.78 is 71.3. The van der Waals surface area contributed by atoms with E-state index in [0.29, 0.717) is 42.1 Å². The summed E-state index contributed by atoms with van der Waals surface area (Å²) in [5.41, 5.74) is 3.85. The number of alkyl halides is 3. The molecule has 1 heterocycles. The molecule has 2 unspecified atom stereocenters. The third kappa shape index (κ3) is 5.23. The van der Waals surface area contributed by atoms with Crippen LogP contribution in [0.4, 0.5) is 18.9 Å². The van der Waals surface area contributed by atoms with Crippen molar-refractivity contribution in [1.82, 2.24) is 0 Å². The number of nitrogens with zero attached hydrogens (tertiary/aromatic N) is 1. The number of hydrogen-bond donors (Lipinski definition) is 0. The highest BCUT2D eigenvalue weighted by Gasteiger charge is 2.44. The van der Waals surface area contributed by atoms with E-state index in [4.69, 9.17) is 4.74 Å². The first kappa shape index (κ1) is 28.2. The number of halogens is 3. The highest BCUT2D eigenvalue weighted by atomic mass is 32.2. The van der Waals surface area contributed by atoms with Crippen molar-refractivity contribution in [3.8, 4) is 11.1 Å². The molecule has 0 aromatic heterocycles. The summed E-state index contributed by atoms with van der Waals surface area (Å²) in [5, 5.41) is 0. The molecule has 2 atom stereocenters. The molecule has 0 bridgehead atoms. The van der Waals surface area contributed by atoms with Crippen molar-refractivity contribution in [2.45, 2.75) is 68.9 Å². The molecular formula is C31H33F3NO4S+. The predicted octanol–water partition coefficient (Wildman–Crippen LogP) is 7.39. The van der Waals surface area contributed by atoms with E-state index in [1.54, 1.807) is 29.4 Å². The van der Waals surface area contributed by atoms with Crippen LogP contribution < -0.4 is 4.31 Å². The van der Waals surface area contributed by atoms with E-state index in [-0.39, 0.29) is 11.9 Å². The van der Waals surface area contributed by atoms with Crippen molar-refractivity contribution in [3.63, 3.8) is 0 Å². The molecule has 212 valence electrons. The Hall–Kier alpha value is -3.33. The molecular weight excluding hydrogens is 539 g/mol. The first-order valence-electron chi connectivity index (χ1n) is 13.5. The van der Waals surface area contributed by atoms with Crippen molar-refractivity contribution >= 4 is 21.7 Å². The molecule has 40 heavy (non-hydrogen) atoms. The molecule has 1 N–H and O–H groups in total. The fourth-order valence-corrected chi connectivity index (χ4v) is 7.56. The Kier molecular flexibility index (Phi) is 7.23. The van der Waals surface area contributed by atoms with Crippen LogP contribution >= 0.6 is 0 Å². The molecule has 0 spiro atoms. The lowest BCUT2D eigenvalue weighted by Crippen LogP contribution is -2.34. The van der Waals surface area contributed by atoms with Gasteiger partial charge >= 0.3 is 22.2 Å². The molecule has 1 aliphatic carbocycles. The molecule has 0 radical (unpaired) electrons. The number of anilines is 1. The van der Waals surface area contributed by atoms with Crippen molar-refractivity contribution < 1.29 is 31.1 Å². The van der Waals surface area contributed by atoms with Crippen molar-refractivity contribution in [1.29, 1.82) is 0 Å². The second-order valence-electron chi connectivity index (χ2n) is 11.2. The Morgan fingerprint density at radius 3 is 2.45 bits per heavy atom. The van der Waals surface area contributed by atoms with E-state index in [2.05, 4.69) is 0 Å². The fraction of sp³-hybridized carbons (Fsp3) is 0.387. The number of carbonyl (C=O) groups is 1. The number of esters is 1. The van der Waals surface area contributed by atoms with Gasteiger partial charge in [0.2, 0.25) is 0 Å². The van der Waals surface area contributed by atoms with Crippen LogP contribution in [-0.4, -0.2) is 27.5 Å². The Labute approximate surface area is 233 Å². The maximum atomic E-state index is 14.1. The Morgan fingerprint density at radius 2 is 1.77 bits per heavy atom. The predicted molar refractivity (Wildman–Crippen MR) is 149 cm³/mol. The summed E-state index contributed by atoms with van der Waals surface area (Å²) in [6.07, 6.45) is -1.71. The van der Waals surface area contributed by atoms with Crippen LogP contribution in [0.5, 0.6) is 0 Å². The maximum Gasteiger partial charge on any atom is 0.416 e. The molecule has 0 fully saturated rings. The van der Waals surface area contributed by atoms with Gasteiger partial charge < -0.3 is 4.74 Å². The van der Waals surface area contributed by atoms with Gasteiger partial charge in [0.25, 0.3) is 0 Å². The zero-order valence-corrected chi connectivity index (χ0v) is 23.6. The summed E-state index contributed by atoms with van der Waals surface area (Å²) in [4.78, 5) is 12.2. The number of carbonyl (C=O) groups excluding carboxylic acids is 1. The van der Waals surface area contributed by atoms with Crippen LogP contribution in [0.3, 0.4) is 0 Å². The monoisotopic (exact) mass is 572 g/mol. The van der Waals surface area contributed by atoms with Crippen LogP contribution in [0.1, 0.15) is 68.2 Å². The summed E-state index contributed by atoms with van der Waals surface area (Å²) in [6, 6.07) is 15.9. The fourth-order valence-electron chi connectivity index (χ4n) is 5.86. The normalized spacial score (nSPS) is 19.1. The SMILES string of the molecule is CCOC(=O)CCC1CCc2ccc(S(=O)(=[OH+])N3CC(C)(C)c4cc(-c5ccc(C(F)(F)F)cc5)ccc43)cc21. The van der Waals surface area contributed by atoms with E-state index < -0.39 is 27.2 Å². The largest absolute Gasteiger partial charge is 0.466 e. The molecule has 1 aliphatic heterocycles. The molecule has 3 aromatic rings. The summed E-state index contributed by atoms with van der Waals surface area (Å²) in [7, 11) is -3.64. The molecule has 5 rings (SSSR count). The number of rotatable bonds is 7. The van der Waals surface area contributed by atoms with Crippen LogP contribution in [0.2, 0.25) is 0 Å². The quantitative estimate of drug-likeness (QED) is 0.219. The van der Waals surface area contributed by atoms with Crippen LogP contribution in [0, 0.1) is 0 Å². The van der Waals surface area contributed by atoms with Crippen LogP contribution in [0.15, 0.2) is 65.6 Å². The summed E-state index contributed by atoms with van der Waals surface area (Å²) in [6.45, 7) is 6.41. The van der Waals surface area contributed by atoms with Crippen LogP contribution in [0.25, 0.3) is 11.1 Å². The second kappa shape index (κ2) is 10.3. The number of fused-ring (bicyclic) bond motifs is 2. The zero-order valence-electron chi connectivity index (χ0n) is 22.8. The lowest BCUT2D eigenvalue weighted by molar-refractivity contribution is -0.143. The lowest BCUT2D eigenvalue weighted by atomic mass is 9.85. The highest BCUT2D eigenvalue weighted by Crippen LogP contribution is 2.46. The van der Waals surface area contributed by atoms with E-state index in [1.165, 1.54) is 12.1 Å². The Bertz CT molecular complexity index is 1550. The molecule has 9 heteroatoms. The van der Waals surface area contributed by atoms with E-state index >= 15 is 0 Å². The average Bonchev–Trinajstić information content (AvgIpc) is 3.44. The minimum Gasteiger partial charge on any atom is -0.466 e. The lowest BCUT2D eigenvalue weighted by Gasteiger charge is -2.20. The van der Waals surface area contributed by atoms with E-state index in [1.807, 2.05) is 32.0 Å². The van der Waals surface area contributed by atoms with Gasteiger partial charge in [0, 0.05) is 18.4 Å². The van der Waals surface area contributed by atoms with Gasteiger partial charge in [0.1, 0.15) is 4.90 Å². The molecule has 3 aromatic carbocycles. The number of benzene rings is 3. The maximum absolute atomic E-state index is 14.1. The zero-order chi connectivity index (χ0) is 28.9. The second-order valence-corrected chi connectivity index (χ2v) is 13.1. The highest BCUT2D eigenvalue weighted by molar-refractivity contribution is 7.93.